The van der Waals surface area contributed by atoms with Crippen LogP contribution in [-0.4, -0.2) is 128 Å². The van der Waals surface area contributed by atoms with Gasteiger partial charge in [0.1, 0.15) is 48.8 Å². The molecule has 7 aliphatic rings. The van der Waals surface area contributed by atoms with E-state index in [0.29, 0.717) is 12.3 Å². The Labute approximate surface area is 325 Å². The van der Waals surface area contributed by atoms with Crippen molar-refractivity contribution in [1.29, 1.82) is 0 Å². The topological polar surface area (TPSA) is 216 Å². The fourth-order valence-electron chi connectivity index (χ4n) is 13.7. The minimum Gasteiger partial charge on any atom is -0.481 e. The second-order valence-corrected chi connectivity index (χ2v) is 20.7. The maximum atomic E-state index is 13.0. The van der Waals surface area contributed by atoms with Gasteiger partial charge in [-0.2, -0.15) is 0 Å². The first-order valence-electron chi connectivity index (χ1n) is 20.8. The number of carboxylic acids is 1. The lowest BCUT2D eigenvalue weighted by molar-refractivity contribution is -0.368. The van der Waals surface area contributed by atoms with Crippen LogP contribution in [0, 0.1) is 50.2 Å². The minimum absolute atomic E-state index is 0.00451. The van der Waals surface area contributed by atoms with Gasteiger partial charge in [0.25, 0.3) is 0 Å². The molecule has 55 heavy (non-hydrogen) atoms. The summed E-state index contributed by atoms with van der Waals surface area (Å²) in [7, 11) is 0. The van der Waals surface area contributed by atoms with Crippen molar-refractivity contribution >= 4 is 5.97 Å². The molecular formula is C42H68O13. The summed E-state index contributed by atoms with van der Waals surface area (Å²) in [6, 6.07) is 0. The monoisotopic (exact) mass is 780 g/mol. The fourth-order valence-corrected chi connectivity index (χ4v) is 13.7. The summed E-state index contributed by atoms with van der Waals surface area (Å²) in [5.74, 6) is 0.0886. The number of hydrogen-bond donors (Lipinski definition) is 8. The van der Waals surface area contributed by atoms with Gasteiger partial charge in [0, 0.05) is 0 Å². The minimum atomic E-state index is -1.74. The van der Waals surface area contributed by atoms with Crippen LogP contribution < -0.4 is 0 Å². The Hall–Kier alpha value is -1.23. The third-order valence-corrected chi connectivity index (χ3v) is 17.3. The maximum absolute atomic E-state index is 13.0. The molecule has 2 saturated heterocycles. The number of carboxylic acid groups (broad SMARTS) is 1. The molecule has 0 amide bonds. The van der Waals surface area contributed by atoms with Crippen LogP contribution in [-0.2, 0) is 23.7 Å². The Morgan fingerprint density at radius 2 is 1.35 bits per heavy atom. The standard InChI is InChI=1S/C42H68O13/c1-37(2)14-16-42(36(50)51)17-15-40(6)21(22(42)18-37)8-9-26-39(5)12-11-27(38(3,4)25(39)10-13-41(26,40)7)54-34-32(49)30(47)33(24(20-44)53-34)55-35-31(48)29(46)28(45)23(19-43)52-35/h8,22-35,43-49H,9-20H2,1-7H3,(H,50,51)/t22-,23+,24+,25-,26+,27-,28-,29-,30+,31+,32+,33+,34+,35+,39-,40+,41+,42-/m0/s1. The van der Waals surface area contributed by atoms with E-state index in [1.165, 1.54) is 5.57 Å². The Bertz CT molecular complexity index is 1480. The van der Waals surface area contributed by atoms with Gasteiger partial charge in [0.2, 0.25) is 0 Å². The average Bonchev–Trinajstić information content (AvgIpc) is 3.12. The Balaban J connectivity index is 1.08. The van der Waals surface area contributed by atoms with Gasteiger partial charge in [-0.15, -0.1) is 0 Å². The number of hydrogen-bond acceptors (Lipinski definition) is 12. The second kappa shape index (κ2) is 14.2. The predicted molar refractivity (Wildman–Crippen MR) is 198 cm³/mol. The van der Waals surface area contributed by atoms with Crippen LogP contribution in [0.25, 0.3) is 0 Å². The highest BCUT2D eigenvalue weighted by molar-refractivity contribution is 5.76. The average molecular weight is 781 g/mol. The van der Waals surface area contributed by atoms with Crippen molar-refractivity contribution in [3.05, 3.63) is 11.6 Å². The number of carbonyl (C=O) groups is 1. The Morgan fingerprint density at radius 3 is 2.00 bits per heavy atom. The van der Waals surface area contributed by atoms with Crippen molar-refractivity contribution in [2.75, 3.05) is 13.2 Å². The molecule has 0 aromatic rings. The van der Waals surface area contributed by atoms with Crippen molar-refractivity contribution in [2.24, 2.45) is 50.2 Å². The second-order valence-electron chi connectivity index (χ2n) is 20.7. The largest absolute Gasteiger partial charge is 0.481 e. The number of aliphatic hydroxyl groups is 7. The summed E-state index contributed by atoms with van der Waals surface area (Å²) in [5.41, 5.74) is 0.344. The van der Waals surface area contributed by atoms with Gasteiger partial charge in [0.05, 0.1) is 24.7 Å². The molecule has 6 fully saturated rings. The summed E-state index contributed by atoms with van der Waals surface area (Å²) in [5, 5.41) is 84.2. The molecule has 0 bridgehead atoms. The van der Waals surface area contributed by atoms with Crippen LogP contribution in [0.5, 0.6) is 0 Å². The van der Waals surface area contributed by atoms with E-state index in [0.717, 1.165) is 57.8 Å². The molecule has 2 heterocycles. The van der Waals surface area contributed by atoms with Crippen molar-refractivity contribution in [3.63, 3.8) is 0 Å². The maximum Gasteiger partial charge on any atom is 0.310 e. The summed E-state index contributed by atoms with van der Waals surface area (Å²) >= 11 is 0. The molecule has 2 aliphatic heterocycles. The van der Waals surface area contributed by atoms with E-state index in [2.05, 4.69) is 54.5 Å². The van der Waals surface area contributed by atoms with Crippen molar-refractivity contribution in [2.45, 2.75) is 180 Å². The highest BCUT2D eigenvalue weighted by Crippen LogP contribution is 2.76. The highest BCUT2D eigenvalue weighted by Gasteiger charge is 2.69. The summed E-state index contributed by atoms with van der Waals surface area (Å²) in [6.45, 7) is 15.1. The number of ether oxygens (including phenoxy) is 4. The fraction of sp³-hybridized carbons (Fsp3) is 0.929. The first kappa shape index (κ1) is 41.9. The van der Waals surface area contributed by atoms with Gasteiger partial charge in [0.15, 0.2) is 12.6 Å². The van der Waals surface area contributed by atoms with Crippen LogP contribution in [0.2, 0.25) is 0 Å². The van der Waals surface area contributed by atoms with Crippen molar-refractivity contribution < 1.29 is 64.6 Å². The highest BCUT2D eigenvalue weighted by atomic mass is 16.7. The molecule has 0 radical (unpaired) electrons. The molecule has 4 saturated carbocycles. The SMILES string of the molecule is CC1(C)CC[C@]2(C(=O)O)CC[C@]3(C)C(=CC[C@@H]4[C@@]5(C)CC[C@H](O[C@H]6O[C@H](CO)[C@@H](O[C@H]7O[C@H](CO)[C@H](O)[C@H](O)[C@H]7O)[C@H](O)[C@H]6O)C(C)(C)[C@@H]5CC[C@]43C)[C@@H]2C1. The number of allylic oxidation sites excluding steroid dienone is 2. The number of aliphatic carboxylic acids is 1. The number of aliphatic hydroxyl groups excluding tert-OH is 7. The molecule has 13 nitrogen and oxygen atoms in total. The normalized spacial score (nSPS) is 53.2. The molecule has 7 rings (SSSR count). The summed E-state index contributed by atoms with van der Waals surface area (Å²) in [6.07, 6.45) is -4.17. The van der Waals surface area contributed by atoms with E-state index in [1.54, 1.807) is 0 Å². The van der Waals surface area contributed by atoms with Crippen LogP contribution in [0.15, 0.2) is 11.6 Å². The van der Waals surface area contributed by atoms with Crippen LogP contribution >= 0.6 is 0 Å². The number of rotatable bonds is 7. The third-order valence-electron chi connectivity index (χ3n) is 17.3. The molecule has 13 heteroatoms. The molecule has 18 atom stereocenters. The van der Waals surface area contributed by atoms with Crippen molar-refractivity contribution in [3.8, 4) is 0 Å². The van der Waals surface area contributed by atoms with E-state index < -0.39 is 86.0 Å². The van der Waals surface area contributed by atoms with Gasteiger partial charge in [-0.05, 0) is 109 Å². The van der Waals surface area contributed by atoms with Gasteiger partial charge >= 0.3 is 5.97 Å². The first-order chi connectivity index (χ1) is 25.6. The molecule has 0 unspecified atom stereocenters. The zero-order chi connectivity index (χ0) is 40.3. The van der Waals surface area contributed by atoms with Gasteiger partial charge in [-0.1, -0.05) is 60.1 Å². The van der Waals surface area contributed by atoms with Gasteiger partial charge in [-0.3, -0.25) is 4.79 Å². The molecule has 0 aromatic heterocycles. The van der Waals surface area contributed by atoms with Crippen LogP contribution in [0.1, 0.15) is 113 Å². The van der Waals surface area contributed by atoms with Gasteiger partial charge in [-0.25, -0.2) is 0 Å². The van der Waals surface area contributed by atoms with Crippen LogP contribution in [0.4, 0.5) is 0 Å². The van der Waals surface area contributed by atoms with E-state index in [-0.39, 0.29) is 45.0 Å². The first-order valence-corrected chi connectivity index (χ1v) is 20.8. The van der Waals surface area contributed by atoms with E-state index in [1.807, 2.05) is 0 Å². The number of fused-ring (bicyclic) bond motifs is 7. The molecule has 8 N–H and O–H groups in total. The lowest BCUT2D eigenvalue weighted by Crippen LogP contribution is -2.66. The van der Waals surface area contributed by atoms with E-state index >= 15 is 0 Å². The predicted octanol–water partition coefficient (Wildman–Crippen LogP) is 2.88. The Morgan fingerprint density at radius 1 is 0.727 bits per heavy atom. The van der Waals surface area contributed by atoms with Gasteiger partial charge < -0.3 is 59.8 Å². The van der Waals surface area contributed by atoms with E-state index in [4.69, 9.17) is 18.9 Å². The molecular weight excluding hydrogens is 712 g/mol. The lowest BCUT2D eigenvalue weighted by atomic mass is 9.33. The molecule has 5 aliphatic carbocycles. The van der Waals surface area contributed by atoms with Crippen LogP contribution in [0.3, 0.4) is 0 Å². The zero-order valence-corrected chi connectivity index (χ0v) is 33.8. The summed E-state index contributed by atoms with van der Waals surface area (Å²) < 4.78 is 23.9. The molecule has 0 spiro atoms. The van der Waals surface area contributed by atoms with E-state index in [9.17, 15) is 45.6 Å². The lowest BCUT2D eigenvalue weighted by Gasteiger charge is -2.71. The van der Waals surface area contributed by atoms with Crippen molar-refractivity contribution in [1.82, 2.24) is 0 Å². The zero-order valence-electron chi connectivity index (χ0n) is 33.8. The Kier molecular flexibility index (Phi) is 10.8. The smallest absolute Gasteiger partial charge is 0.310 e. The third kappa shape index (κ3) is 6.23. The molecule has 314 valence electrons. The quantitative estimate of drug-likeness (QED) is 0.138. The summed E-state index contributed by atoms with van der Waals surface area (Å²) in [4.78, 5) is 13.0. The molecule has 0 aromatic carbocycles.